The van der Waals surface area contributed by atoms with Crippen molar-refractivity contribution in [1.82, 2.24) is 9.78 Å². The van der Waals surface area contributed by atoms with Crippen LogP contribution in [0.25, 0.3) is 0 Å². The van der Waals surface area contributed by atoms with E-state index in [4.69, 9.17) is 5.73 Å². The van der Waals surface area contributed by atoms with Crippen LogP contribution in [0, 0.1) is 0 Å². The normalized spacial score (nSPS) is 19.6. The van der Waals surface area contributed by atoms with E-state index in [1.165, 1.54) is 11.3 Å². The number of alkyl halides is 3. The number of halogens is 3. The topological polar surface area (TPSA) is 102 Å². The third-order valence-corrected chi connectivity index (χ3v) is 7.54. The van der Waals surface area contributed by atoms with E-state index in [2.05, 4.69) is 15.7 Å². The number of amides is 2. The molecule has 0 saturated carbocycles. The average molecular weight is 490 g/mol. The number of aromatic nitrogens is 2. The molecule has 2 aromatic heterocycles. The molecule has 3 heterocycles. The number of rotatable bonds is 4. The van der Waals surface area contributed by atoms with Gasteiger partial charge in [-0.3, -0.25) is 9.59 Å². The summed E-state index contributed by atoms with van der Waals surface area (Å²) in [7, 11) is 0. The molecule has 178 valence electrons. The highest BCUT2D eigenvalue weighted by Gasteiger charge is 2.47. The minimum absolute atomic E-state index is 0.0122. The van der Waals surface area contributed by atoms with E-state index in [0.717, 1.165) is 40.6 Å². The van der Waals surface area contributed by atoms with Crippen molar-refractivity contribution >= 4 is 34.0 Å². The summed E-state index contributed by atoms with van der Waals surface area (Å²) in [4.78, 5) is 26.3. The fourth-order valence-electron chi connectivity index (χ4n) is 4.72. The molecule has 1 aliphatic carbocycles. The Balaban J connectivity index is 1.50. The predicted octanol–water partition coefficient (Wildman–Crippen LogP) is 4.83. The Morgan fingerprint density at radius 2 is 1.91 bits per heavy atom. The van der Waals surface area contributed by atoms with Crippen LogP contribution in [0.5, 0.6) is 0 Å². The standard InChI is InChI=1S/C23H22F3N5O2S/c24-23(25,26)17-10-15(12-6-2-1-3-7-12)29-20-14(11-28-31(17)20)21(33)30-22-18(19(27)32)13-8-4-5-9-16(13)34-22/h1-3,6-7,11,15,17,29H,4-5,8-10H2,(H2,27,32)(H,30,33). The van der Waals surface area contributed by atoms with Gasteiger partial charge in [0, 0.05) is 11.3 Å². The van der Waals surface area contributed by atoms with Crippen LogP contribution < -0.4 is 16.4 Å². The molecule has 4 N–H and O–H groups in total. The number of carbonyl (C=O) groups is 2. The summed E-state index contributed by atoms with van der Waals surface area (Å²) in [6, 6.07) is 6.24. The lowest BCUT2D eigenvalue weighted by Crippen LogP contribution is -2.36. The Morgan fingerprint density at radius 3 is 2.62 bits per heavy atom. The molecule has 1 aromatic carbocycles. The molecule has 0 radical (unpaired) electrons. The van der Waals surface area contributed by atoms with Crippen LogP contribution in [-0.4, -0.2) is 27.8 Å². The molecular formula is C23H22F3N5O2S. The van der Waals surface area contributed by atoms with E-state index in [-0.39, 0.29) is 23.4 Å². The first-order valence-corrected chi connectivity index (χ1v) is 11.8. The number of benzene rings is 1. The Morgan fingerprint density at radius 1 is 1.18 bits per heavy atom. The van der Waals surface area contributed by atoms with Crippen LogP contribution in [0.15, 0.2) is 36.5 Å². The zero-order valence-electron chi connectivity index (χ0n) is 18.0. The molecule has 34 heavy (non-hydrogen) atoms. The van der Waals surface area contributed by atoms with Gasteiger partial charge in [-0.25, -0.2) is 4.68 Å². The van der Waals surface area contributed by atoms with Crippen molar-refractivity contribution in [1.29, 1.82) is 0 Å². The van der Waals surface area contributed by atoms with E-state index in [1.54, 1.807) is 30.3 Å². The van der Waals surface area contributed by atoms with Crippen LogP contribution in [0.1, 0.15) is 68.1 Å². The van der Waals surface area contributed by atoms with Crippen LogP contribution in [0.2, 0.25) is 0 Å². The highest BCUT2D eigenvalue weighted by Crippen LogP contribution is 2.45. The summed E-state index contributed by atoms with van der Waals surface area (Å²) < 4.78 is 42.5. The van der Waals surface area contributed by atoms with Crippen LogP contribution in [0.4, 0.5) is 24.0 Å². The summed E-state index contributed by atoms with van der Waals surface area (Å²) in [5.74, 6) is -1.29. The molecule has 2 aliphatic rings. The Hall–Kier alpha value is -3.34. The van der Waals surface area contributed by atoms with Crippen molar-refractivity contribution in [3.63, 3.8) is 0 Å². The summed E-state index contributed by atoms with van der Waals surface area (Å²) in [5, 5.41) is 10.0. The zero-order valence-corrected chi connectivity index (χ0v) is 18.8. The van der Waals surface area contributed by atoms with E-state index < -0.39 is 30.1 Å². The lowest BCUT2D eigenvalue weighted by molar-refractivity contribution is -0.173. The second kappa shape index (κ2) is 8.46. The van der Waals surface area contributed by atoms with Gasteiger partial charge in [-0.2, -0.15) is 18.3 Å². The smallest absolute Gasteiger partial charge is 0.365 e. The number of hydrogen-bond donors (Lipinski definition) is 3. The number of anilines is 2. The molecule has 5 rings (SSSR count). The predicted molar refractivity (Wildman–Crippen MR) is 122 cm³/mol. The van der Waals surface area contributed by atoms with Crippen molar-refractivity contribution in [3.05, 3.63) is 63.7 Å². The molecule has 11 heteroatoms. The summed E-state index contributed by atoms with van der Waals surface area (Å²) in [6.45, 7) is 0. The fraction of sp³-hybridized carbons (Fsp3) is 0.348. The minimum Gasteiger partial charge on any atom is -0.365 e. The maximum atomic E-state index is 13.9. The SMILES string of the molecule is NC(=O)c1c(NC(=O)c2cnn3c2NC(c2ccccc2)CC3C(F)(F)F)sc2c1CCCC2. The van der Waals surface area contributed by atoms with Gasteiger partial charge in [0.15, 0.2) is 6.04 Å². The quantitative estimate of drug-likeness (QED) is 0.488. The maximum absolute atomic E-state index is 13.9. The van der Waals surface area contributed by atoms with Crippen molar-refractivity contribution in [2.75, 3.05) is 10.6 Å². The Bertz CT molecular complexity index is 1250. The van der Waals surface area contributed by atoms with Gasteiger partial charge in [0.2, 0.25) is 0 Å². The van der Waals surface area contributed by atoms with Gasteiger partial charge >= 0.3 is 6.18 Å². The number of nitrogens with zero attached hydrogens (tertiary/aromatic N) is 2. The van der Waals surface area contributed by atoms with Gasteiger partial charge < -0.3 is 16.4 Å². The van der Waals surface area contributed by atoms with Gasteiger partial charge in [0.05, 0.1) is 17.8 Å². The molecule has 0 spiro atoms. The summed E-state index contributed by atoms with van der Waals surface area (Å²) in [5.41, 5.74) is 7.39. The minimum atomic E-state index is -4.55. The van der Waals surface area contributed by atoms with E-state index in [0.29, 0.717) is 17.0 Å². The highest BCUT2D eigenvalue weighted by molar-refractivity contribution is 7.17. The molecule has 0 fully saturated rings. The van der Waals surface area contributed by atoms with Gasteiger partial charge in [0.25, 0.3) is 11.8 Å². The molecule has 3 aromatic rings. The average Bonchev–Trinajstić information content (AvgIpc) is 3.39. The van der Waals surface area contributed by atoms with E-state index in [9.17, 15) is 22.8 Å². The van der Waals surface area contributed by atoms with Gasteiger partial charge in [0.1, 0.15) is 16.4 Å². The second-order valence-electron chi connectivity index (χ2n) is 8.49. The van der Waals surface area contributed by atoms with Crippen LogP contribution >= 0.6 is 11.3 Å². The number of hydrogen-bond acceptors (Lipinski definition) is 5. The number of carbonyl (C=O) groups excluding carboxylic acids is 2. The lowest BCUT2D eigenvalue weighted by atomic mass is 9.95. The molecule has 2 amide bonds. The molecule has 7 nitrogen and oxygen atoms in total. The first-order chi connectivity index (χ1) is 16.2. The van der Waals surface area contributed by atoms with Gasteiger partial charge in [-0.15, -0.1) is 11.3 Å². The number of primary amides is 1. The third kappa shape index (κ3) is 3.93. The number of fused-ring (bicyclic) bond motifs is 2. The highest BCUT2D eigenvalue weighted by atomic mass is 32.1. The van der Waals surface area contributed by atoms with Crippen molar-refractivity contribution in [2.24, 2.45) is 5.73 Å². The fourth-order valence-corrected chi connectivity index (χ4v) is 6.01. The van der Waals surface area contributed by atoms with Gasteiger partial charge in [-0.05, 0) is 36.8 Å². The molecule has 0 saturated heterocycles. The molecule has 0 bridgehead atoms. The van der Waals surface area contributed by atoms with Crippen molar-refractivity contribution in [3.8, 4) is 0 Å². The van der Waals surface area contributed by atoms with Gasteiger partial charge in [-0.1, -0.05) is 30.3 Å². The number of aryl methyl sites for hydroxylation is 1. The van der Waals surface area contributed by atoms with Crippen molar-refractivity contribution in [2.45, 2.75) is 50.4 Å². The Labute approximate surface area is 197 Å². The number of nitrogens with two attached hydrogens (primary N) is 1. The van der Waals surface area contributed by atoms with E-state index in [1.807, 2.05) is 0 Å². The maximum Gasteiger partial charge on any atom is 0.410 e. The number of thiophene rings is 1. The van der Waals surface area contributed by atoms with Crippen molar-refractivity contribution < 1.29 is 22.8 Å². The second-order valence-corrected chi connectivity index (χ2v) is 9.59. The molecule has 2 unspecified atom stereocenters. The zero-order chi connectivity index (χ0) is 24.0. The molecule has 2 atom stereocenters. The largest absolute Gasteiger partial charge is 0.410 e. The number of nitrogens with one attached hydrogen (secondary N) is 2. The third-order valence-electron chi connectivity index (χ3n) is 6.33. The molecular weight excluding hydrogens is 467 g/mol. The Kier molecular flexibility index (Phi) is 5.59. The summed E-state index contributed by atoms with van der Waals surface area (Å²) >= 11 is 1.30. The van der Waals surface area contributed by atoms with E-state index >= 15 is 0 Å². The first-order valence-electron chi connectivity index (χ1n) is 11.0. The van der Waals surface area contributed by atoms with Crippen LogP contribution in [0.3, 0.4) is 0 Å². The van der Waals surface area contributed by atoms with Crippen LogP contribution in [-0.2, 0) is 12.8 Å². The monoisotopic (exact) mass is 489 g/mol. The summed E-state index contributed by atoms with van der Waals surface area (Å²) in [6.07, 6.45) is -0.259. The molecule has 1 aliphatic heterocycles. The lowest BCUT2D eigenvalue weighted by Gasteiger charge is -2.34. The first kappa shape index (κ1) is 22.5.